The van der Waals surface area contributed by atoms with Crippen LogP contribution >= 0.6 is 11.3 Å². The van der Waals surface area contributed by atoms with Crippen molar-refractivity contribution in [3.8, 4) is 0 Å². The summed E-state index contributed by atoms with van der Waals surface area (Å²) in [6.45, 7) is 10.8. The number of guanidine groups is 1. The molecule has 0 atom stereocenters. The number of benzene rings is 1. The molecular weight excluding hydrogens is 354 g/mol. The number of aromatic amines is 1. The Morgan fingerprint density at radius 3 is 2.81 bits per heavy atom. The fourth-order valence-corrected chi connectivity index (χ4v) is 3.99. The molecule has 0 aliphatic rings. The van der Waals surface area contributed by atoms with Crippen LogP contribution in [0.5, 0.6) is 0 Å². The van der Waals surface area contributed by atoms with Crippen molar-refractivity contribution in [1.29, 1.82) is 0 Å². The first-order chi connectivity index (χ1) is 13.1. The topological polar surface area (TPSA) is 65.1 Å². The molecule has 0 unspecified atom stereocenters. The van der Waals surface area contributed by atoms with E-state index in [1.54, 1.807) is 11.3 Å². The van der Waals surface area contributed by atoms with Gasteiger partial charge >= 0.3 is 0 Å². The lowest BCUT2D eigenvalue weighted by Crippen LogP contribution is -2.38. The van der Waals surface area contributed by atoms with E-state index in [1.165, 1.54) is 22.2 Å². The van der Waals surface area contributed by atoms with Crippen LogP contribution in [0.3, 0.4) is 0 Å². The molecule has 2 heterocycles. The number of aryl methyl sites for hydroxylation is 1. The second kappa shape index (κ2) is 9.04. The van der Waals surface area contributed by atoms with E-state index in [0.717, 1.165) is 36.2 Å². The van der Waals surface area contributed by atoms with Crippen LogP contribution in [-0.2, 0) is 13.0 Å². The average Bonchev–Trinajstić information content (AvgIpc) is 3.24. The number of para-hydroxylation sites is 1. The molecule has 0 aliphatic carbocycles. The Hall–Kier alpha value is -2.34. The first-order valence-electron chi connectivity index (χ1n) is 9.61. The Morgan fingerprint density at radius 2 is 2.07 bits per heavy atom. The molecule has 0 aliphatic heterocycles. The molecule has 0 fully saturated rings. The summed E-state index contributed by atoms with van der Waals surface area (Å²) in [5.74, 6) is 1.31. The van der Waals surface area contributed by atoms with Gasteiger partial charge in [-0.2, -0.15) is 0 Å². The Bertz CT molecular complexity index is 906. The van der Waals surface area contributed by atoms with Crippen LogP contribution in [0.25, 0.3) is 10.9 Å². The highest BCUT2D eigenvalue weighted by molar-refractivity contribution is 7.09. The summed E-state index contributed by atoms with van der Waals surface area (Å²) < 4.78 is 0. The zero-order valence-corrected chi connectivity index (χ0v) is 17.4. The number of H-pyrrole nitrogens is 1. The molecule has 0 saturated heterocycles. The van der Waals surface area contributed by atoms with E-state index >= 15 is 0 Å². The van der Waals surface area contributed by atoms with Gasteiger partial charge < -0.3 is 15.6 Å². The number of aromatic nitrogens is 2. The summed E-state index contributed by atoms with van der Waals surface area (Å²) in [6.07, 6.45) is 0.953. The van der Waals surface area contributed by atoms with Crippen LogP contribution < -0.4 is 10.6 Å². The van der Waals surface area contributed by atoms with Gasteiger partial charge in [0.2, 0.25) is 0 Å². The second-order valence-electron chi connectivity index (χ2n) is 6.97. The highest BCUT2D eigenvalue weighted by Crippen LogP contribution is 2.22. The van der Waals surface area contributed by atoms with Gasteiger partial charge in [0.1, 0.15) is 5.01 Å². The highest BCUT2D eigenvalue weighted by Gasteiger charge is 2.08. The predicted molar refractivity (Wildman–Crippen MR) is 116 cm³/mol. The van der Waals surface area contributed by atoms with E-state index in [0.29, 0.717) is 12.5 Å². The van der Waals surface area contributed by atoms with Gasteiger partial charge in [-0.15, -0.1) is 11.3 Å². The normalized spacial score (nSPS) is 12.1. The monoisotopic (exact) mass is 383 g/mol. The van der Waals surface area contributed by atoms with E-state index in [1.807, 2.05) is 0 Å². The van der Waals surface area contributed by atoms with Crippen molar-refractivity contribution in [1.82, 2.24) is 20.6 Å². The second-order valence-corrected chi connectivity index (χ2v) is 7.91. The van der Waals surface area contributed by atoms with Crippen LogP contribution in [0.4, 0.5) is 0 Å². The molecule has 6 heteroatoms. The minimum Gasteiger partial charge on any atom is -0.358 e. The van der Waals surface area contributed by atoms with E-state index in [4.69, 9.17) is 4.99 Å². The molecule has 2 aromatic heterocycles. The Kier molecular flexibility index (Phi) is 6.50. The van der Waals surface area contributed by atoms with Crippen molar-refractivity contribution < 1.29 is 0 Å². The molecule has 27 heavy (non-hydrogen) atoms. The number of nitrogens with one attached hydrogen (secondary N) is 3. The van der Waals surface area contributed by atoms with Gasteiger partial charge in [0.15, 0.2) is 5.96 Å². The van der Waals surface area contributed by atoms with Gasteiger partial charge in [-0.1, -0.05) is 32.0 Å². The largest absolute Gasteiger partial charge is 0.358 e. The number of hydrogen-bond acceptors (Lipinski definition) is 3. The molecule has 144 valence electrons. The molecule has 0 radical (unpaired) electrons. The fourth-order valence-electron chi connectivity index (χ4n) is 3.11. The molecule has 5 nitrogen and oxygen atoms in total. The number of fused-ring (bicyclic) bond motifs is 1. The van der Waals surface area contributed by atoms with Gasteiger partial charge in [-0.3, -0.25) is 0 Å². The predicted octanol–water partition coefficient (Wildman–Crippen LogP) is 4.35. The van der Waals surface area contributed by atoms with Crippen molar-refractivity contribution in [2.75, 3.05) is 13.1 Å². The first-order valence-corrected chi connectivity index (χ1v) is 10.5. The van der Waals surface area contributed by atoms with E-state index in [9.17, 15) is 0 Å². The third-order valence-electron chi connectivity index (χ3n) is 4.57. The van der Waals surface area contributed by atoms with Crippen LogP contribution in [0.15, 0.2) is 34.6 Å². The van der Waals surface area contributed by atoms with Gasteiger partial charge in [-0.25, -0.2) is 9.98 Å². The number of aliphatic imine (C=N–C) groups is 1. The van der Waals surface area contributed by atoms with Crippen molar-refractivity contribution in [3.63, 3.8) is 0 Å². The van der Waals surface area contributed by atoms with Gasteiger partial charge in [0.25, 0.3) is 0 Å². The van der Waals surface area contributed by atoms with Crippen LogP contribution in [-0.4, -0.2) is 29.0 Å². The summed E-state index contributed by atoms with van der Waals surface area (Å²) >= 11 is 1.69. The Morgan fingerprint density at radius 1 is 1.26 bits per heavy atom. The summed E-state index contributed by atoms with van der Waals surface area (Å²) in [5, 5.41) is 11.3. The minimum absolute atomic E-state index is 0.463. The lowest BCUT2D eigenvalue weighted by atomic mass is 10.1. The number of hydrogen-bond donors (Lipinski definition) is 3. The molecule has 0 spiro atoms. The molecule has 3 N–H and O–H groups in total. The molecule has 3 rings (SSSR count). The van der Waals surface area contributed by atoms with Crippen LogP contribution in [0.1, 0.15) is 48.6 Å². The number of rotatable bonds is 7. The number of thiazole rings is 1. The maximum Gasteiger partial charge on any atom is 0.191 e. The summed E-state index contributed by atoms with van der Waals surface area (Å²) in [4.78, 5) is 12.8. The third kappa shape index (κ3) is 4.89. The maximum absolute atomic E-state index is 4.69. The summed E-state index contributed by atoms with van der Waals surface area (Å²) in [7, 11) is 0. The van der Waals surface area contributed by atoms with E-state index in [2.05, 4.69) is 77.9 Å². The smallest absolute Gasteiger partial charge is 0.191 e. The van der Waals surface area contributed by atoms with E-state index in [-0.39, 0.29) is 0 Å². The summed E-state index contributed by atoms with van der Waals surface area (Å²) in [6, 6.07) is 8.48. The Labute approximate surface area is 165 Å². The van der Waals surface area contributed by atoms with Gasteiger partial charge in [-0.05, 0) is 37.8 Å². The van der Waals surface area contributed by atoms with Crippen molar-refractivity contribution in [2.45, 2.75) is 46.6 Å². The Balaban J connectivity index is 1.61. The number of nitrogens with zero attached hydrogens (tertiary/aromatic N) is 2. The van der Waals surface area contributed by atoms with Crippen molar-refractivity contribution >= 4 is 28.2 Å². The van der Waals surface area contributed by atoms with Gasteiger partial charge in [0.05, 0.1) is 12.2 Å². The standard InChI is InChI=1S/C21H29N5S/c1-5-22-21(24-12-20-26-19(13-27-20)14(2)3)23-11-10-16-15(4)25-18-9-7-6-8-17(16)18/h6-9,13-14,25H,5,10-12H2,1-4H3,(H2,22,23,24). The quantitative estimate of drug-likeness (QED) is 0.420. The lowest BCUT2D eigenvalue weighted by Gasteiger charge is -2.11. The maximum atomic E-state index is 4.69. The minimum atomic E-state index is 0.463. The molecule has 0 bridgehead atoms. The SMILES string of the molecule is CCNC(=NCc1nc(C(C)C)cs1)NCCc1c(C)[nH]c2ccccc12. The van der Waals surface area contributed by atoms with E-state index < -0.39 is 0 Å². The highest BCUT2D eigenvalue weighted by atomic mass is 32.1. The lowest BCUT2D eigenvalue weighted by molar-refractivity contribution is 0.793. The molecule has 0 amide bonds. The van der Waals surface area contributed by atoms with Crippen LogP contribution in [0.2, 0.25) is 0 Å². The van der Waals surface area contributed by atoms with Gasteiger partial charge in [0, 0.05) is 35.1 Å². The molecule has 1 aromatic carbocycles. The summed E-state index contributed by atoms with van der Waals surface area (Å²) in [5.41, 5.74) is 4.97. The van der Waals surface area contributed by atoms with Crippen molar-refractivity contribution in [3.05, 3.63) is 51.6 Å². The first kappa shape index (κ1) is 19.4. The fraction of sp³-hybridized carbons (Fsp3) is 0.429. The zero-order valence-electron chi connectivity index (χ0n) is 16.6. The zero-order chi connectivity index (χ0) is 19.2. The average molecular weight is 384 g/mol. The third-order valence-corrected chi connectivity index (χ3v) is 5.42. The van der Waals surface area contributed by atoms with Crippen molar-refractivity contribution in [2.24, 2.45) is 4.99 Å². The molecule has 0 saturated carbocycles. The molecule has 3 aromatic rings. The molecular formula is C21H29N5S. The van der Waals surface area contributed by atoms with Crippen LogP contribution in [0, 0.1) is 6.92 Å².